The molecule has 0 radical (unpaired) electrons. The van der Waals surface area contributed by atoms with Crippen LogP contribution in [0.4, 0.5) is 0 Å². The van der Waals surface area contributed by atoms with Gasteiger partial charge in [0.1, 0.15) is 41.8 Å². The van der Waals surface area contributed by atoms with E-state index in [9.17, 15) is 29.1 Å². The van der Waals surface area contributed by atoms with E-state index in [-0.39, 0.29) is 37.4 Å². The minimum Gasteiger partial charge on any atom is -0.494 e. The van der Waals surface area contributed by atoms with Crippen molar-refractivity contribution in [3.63, 3.8) is 0 Å². The Labute approximate surface area is 301 Å². The number of ketones is 1. The van der Waals surface area contributed by atoms with Gasteiger partial charge in [0.25, 0.3) is 0 Å². The van der Waals surface area contributed by atoms with E-state index in [0.29, 0.717) is 63.4 Å². The molecule has 2 heterocycles. The maximum atomic E-state index is 14.3. The summed E-state index contributed by atoms with van der Waals surface area (Å²) < 4.78 is 11.1. The molecule has 2 aliphatic rings. The van der Waals surface area contributed by atoms with Crippen molar-refractivity contribution < 1.29 is 38.6 Å². The van der Waals surface area contributed by atoms with Crippen molar-refractivity contribution in [2.75, 3.05) is 19.8 Å². The van der Waals surface area contributed by atoms with Crippen LogP contribution in [0.15, 0.2) is 48.5 Å². The summed E-state index contributed by atoms with van der Waals surface area (Å²) in [5, 5.41) is 18.6. The predicted octanol–water partition coefficient (Wildman–Crippen LogP) is 3.41. The second-order valence-electron chi connectivity index (χ2n) is 13.3. The van der Waals surface area contributed by atoms with Gasteiger partial charge in [0.05, 0.1) is 13.2 Å². The van der Waals surface area contributed by atoms with Crippen LogP contribution in [-0.2, 0) is 36.8 Å². The number of piperidine rings is 1. The molecule has 12 heteroatoms. The highest BCUT2D eigenvalue weighted by Gasteiger charge is 2.39. The molecule has 2 aromatic rings. The highest BCUT2D eigenvalue weighted by molar-refractivity contribution is 5.98. The Morgan fingerprint density at radius 1 is 0.745 bits per heavy atom. The first-order chi connectivity index (χ1) is 24.6. The normalized spacial score (nSPS) is 22.0. The lowest BCUT2D eigenvalue weighted by molar-refractivity contribution is -0.146. The SMILES string of the molecule is CCOc1ccc(C[C@@H]2NC(=O)[C@H](CCCCCC(=O)[C@H](O)CC)NC(=O)[C@H]3CCCCN3C(=O)[C@H](Cc3ccc(OCC)cc3)NC2=O)cc1. The maximum absolute atomic E-state index is 14.3. The summed E-state index contributed by atoms with van der Waals surface area (Å²) in [4.78, 5) is 69.9. The molecule has 0 spiro atoms. The summed E-state index contributed by atoms with van der Waals surface area (Å²) in [6, 6.07) is 10.8. The molecule has 2 fully saturated rings. The van der Waals surface area contributed by atoms with Crippen LogP contribution in [0.1, 0.15) is 89.7 Å². The van der Waals surface area contributed by atoms with E-state index in [2.05, 4.69) is 16.0 Å². The summed E-state index contributed by atoms with van der Waals surface area (Å²) in [7, 11) is 0. The molecule has 4 rings (SSSR count). The molecule has 0 aliphatic carbocycles. The van der Waals surface area contributed by atoms with Crippen LogP contribution < -0.4 is 25.4 Å². The van der Waals surface area contributed by atoms with Crippen LogP contribution in [0.25, 0.3) is 0 Å². The number of Topliss-reactive ketones (excluding diaryl/α,β-unsaturated/α-hetero) is 1. The number of aliphatic hydroxyl groups is 1. The maximum Gasteiger partial charge on any atom is 0.246 e. The fraction of sp³-hybridized carbons (Fsp3) is 0.564. The first-order valence-electron chi connectivity index (χ1n) is 18.5. The van der Waals surface area contributed by atoms with Gasteiger partial charge in [-0.05, 0) is 87.8 Å². The standard InChI is InChI=1S/C39H54N4O8/c1-4-34(44)35(45)14-9-7-8-12-30-36(46)41-31(24-26-15-19-28(20-16-26)50-5-2)37(47)42-32(25-27-17-21-29(22-18-27)51-6-3)39(49)43-23-11-10-13-33(43)38(48)40-30/h15-22,30-34,44H,4-14,23-25H2,1-3H3,(H,40,48)(H,41,46)(H,42,47)/t30-,31-,32-,33+,34+/m0/s1. The third kappa shape index (κ3) is 11.5. The Hall–Kier alpha value is -4.45. The Morgan fingerprint density at radius 3 is 1.88 bits per heavy atom. The molecule has 5 atom stereocenters. The molecular formula is C39H54N4O8. The van der Waals surface area contributed by atoms with Crippen molar-refractivity contribution in [1.82, 2.24) is 20.9 Å². The number of carbonyl (C=O) groups is 5. The Balaban J connectivity index is 1.60. The first-order valence-corrected chi connectivity index (χ1v) is 18.5. The summed E-state index contributed by atoms with van der Waals surface area (Å²) in [6.07, 6.45) is 3.82. The number of fused-ring (bicyclic) bond motifs is 1. The number of aliphatic hydroxyl groups excluding tert-OH is 1. The Bertz CT molecular complexity index is 1460. The molecule has 2 saturated heterocycles. The number of benzene rings is 2. The van der Waals surface area contributed by atoms with Gasteiger partial charge in [0, 0.05) is 25.8 Å². The molecule has 4 amide bonds. The van der Waals surface area contributed by atoms with Gasteiger partial charge in [-0.15, -0.1) is 0 Å². The van der Waals surface area contributed by atoms with Crippen LogP contribution in [0.2, 0.25) is 0 Å². The van der Waals surface area contributed by atoms with Gasteiger partial charge in [-0.25, -0.2) is 0 Å². The number of amides is 4. The lowest BCUT2D eigenvalue weighted by Crippen LogP contribution is -2.63. The molecule has 2 aromatic carbocycles. The number of rotatable bonds is 16. The molecule has 0 bridgehead atoms. The second kappa shape index (κ2) is 19.8. The summed E-state index contributed by atoms with van der Waals surface area (Å²) in [5.74, 6) is -0.587. The van der Waals surface area contributed by atoms with Crippen molar-refractivity contribution in [2.24, 2.45) is 0 Å². The quantitative estimate of drug-likeness (QED) is 0.193. The second-order valence-corrected chi connectivity index (χ2v) is 13.3. The van der Waals surface area contributed by atoms with E-state index in [1.54, 1.807) is 24.0 Å². The molecule has 278 valence electrons. The van der Waals surface area contributed by atoms with E-state index in [4.69, 9.17) is 9.47 Å². The van der Waals surface area contributed by atoms with Crippen molar-refractivity contribution in [2.45, 2.75) is 122 Å². The van der Waals surface area contributed by atoms with Crippen LogP contribution in [-0.4, -0.2) is 89.4 Å². The van der Waals surface area contributed by atoms with Crippen LogP contribution in [0, 0.1) is 0 Å². The zero-order chi connectivity index (χ0) is 36.8. The number of carbonyl (C=O) groups excluding carboxylic acids is 5. The van der Waals surface area contributed by atoms with Gasteiger partial charge >= 0.3 is 0 Å². The van der Waals surface area contributed by atoms with Crippen LogP contribution in [0.5, 0.6) is 11.5 Å². The molecule has 0 saturated carbocycles. The zero-order valence-corrected chi connectivity index (χ0v) is 30.2. The highest BCUT2D eigenvalue weighted by atomic mass is 16.5. The Kier molecular flexibility index (Phi) is 15.3. The van der Waals surface area contributed by atoms with Gasteiger partial charge in [-0.2, -0.15) is 0 Å². The fourth-order valence-corrected chi connectivity index (χ4v) is 6.63. The topological polar surface area (TPSA) is 163 Å². The third-order valence-corrected chi connectivity index (χ3v) is 9.49. The average molecular weight is 707 g/mol. The molecule has 0 unspecified atom stereocenters. The van der Waals surface area contributed by atoms with E-state index < -0.39 is 48.0 Å². The summed E-state index contributed by atoms with van der Waals surface area (Å²) in [5.41, 5.74) is 1.58. The zero-order valence-electron chi connectivity index (χ0n) is 30.2. The largest absolute Gasteiger partial charge is 0.494 e. The fourth-order valence-electron chi connectivity index (χ4n) is 6.63. The lowest BCUT2D eigenvalue weighted by Gasteiger charge is -2.38. The predicted molar refractivity (Wildman–Crippen MR) is 192 cm³/mol. The van der Waals surface area contributed by atoms with Gasteiger partial charge in [-0.3, -0.25) is 24.0 Å². The average Bonchev–Trinajstić information content (AvgIpc) is 3.14. The number of unbranched alkanes of at least 4 members (excludes halogenated alkanes) is 2. The number of nitrogens with one attached hydrogen (secondary N) is 3. The van der Waals surface area contributed by atoms with E-state index in [1.165, 1.54) is 0 Å². The third-order valence-electron chi connectivity index (χ3n) is 9.49. The molecular weight excluding hydrogens is 652 g/mol. The van der Waals surface area contributed by atoms with Gasteiger partial charge < -0.3 is 35.4 Å². The van der Waals surface area contributed by atoms with E-state index in [1.807, 2.05) is 50.2 Å². The smallest absolute Gasteiger partial charge is 0.246 e. The minimum absolute atomic E-state index is 0.142. The van der Waals surface area contributed by atoms with Crippen molar-refractivity contribution in [3.8, 4) is 11.5 Å². The van der Waals surface area contributed by atoms with E-state index in [0.717, 1.165) is 24.0 Å². The van der Waals surface area contributed by atoms with Gasteiger partial charge in [0.15, 0.2) is 5.78 Å². The van der Waals surface area contributed by atoms with Gasteiger partial charge in [-0.1, -0.05) is 44.0 Å². The molecule has 0 aromatic heterocycles. The Morgan fingerprint density at radius 2 is 1.29 bits per heavy atom. The number of ether oxygens (including phenoxy) is 2. The molecule has 51 heavy (non-hydrogen) atoms. The molecule has 12 nitrogen and oxygen atoms in total. The van der Waals surface area contributed by atoms with Crippen molar-refractivity contribution >= 4 is 29.4 Å². The van der Waals surface area contributed by atoms with Crippen molar-refractivity contribution in [3.05, 3.63) is 59.7 Å². The highest BCUT2D eigenvalue weighted by Crippen LogP contribution is 2.22. The molecule has 4 N–H and O–H groups in total. The number of nitrogens with zero attached hydrogens (tertiary/aromatic N) is 1. The lowest BCUT2D eigenvalue weighted by atomic mass is 9.96. The number of hydrogen-bond donors (Lipinski definition) is 4. The minimum atomic E-state index is -1.05. The van der Waals surface area contributed by atoms with Crippen molar-refractivity contribution in [1.29, 1.82) is 0 Å². The number of hydrogen-bond acceptors (Lipinski definition) is 8. The monoisotopic (exact) mass is 706 g/mol. The van der Waals surface area contributed by atoms with Gasteiger partial charge in [0.2, 0.25) is 23.6 Å². The molecule has 2 aliphatic heterocycles. The summed E-state index contributed by atoms with van der Waals surface area (Å²) >= 11 is 0. The first kappa shape index (κ1) is 39.3. The van der Waals surface area contributed by atoms with Crippen LogP contribution >= 0.6 is 0 Å². The summed E-state index contributed by atoms with van der Waals surface area (Å²) in [6.45, 7) is 6.92. The van der Waals surface area contributed by atoms with Crippen LogP contribution in [0.3, 0.4) is 0 Å². The van der Waals surface area contributed by atoms with E-state index >= 15 is 0 Å².